The van der Waals surface area contributed by atoms with E-state index in [9.17, 15) is 10.1 Å². The molecule has 0 fully saturated rings. The lowest BCUT2D eigenvalue weighted by Crippen LogP contribution is -2.26. The van der Waals surface area contributed by atoms with Crippen molar-refractivity contribution in [3.8, 4) is 11.8 Å². The zero-order valence-electron chi connectivity index (χ0n) is 11.9. The maximum Gasteiger partial charge on any atom is 0.343 e. The summed E-state index contributed by atoms with van der Waals surface area (Å²) in [7, 11) is 0. The maximum atomic E-state index is 12.3. The highest BCUT2D eigenvalue weighted by atomic mass is 35.5. The Morgan fingerprint density at radius 2 is 2.00 bits per heavy atom. The van der Waals surface area contributed by atoms with Crippen LogP contribution in [0.3, 0.4) is 0 Å². The lowest BCUT2D eigenvalue weighted by Gasteiger charge is -2.25. The summed E-state index contributed by atoms with van der Waals surface area (Å²) in [6.07, 6.45) is 0. The summed E-state index contributed by atoms with van der Waals surface area (Å²) in [6, 6.07) is 8.41. The third-order valence-corrected chi connectivity index (χ3v) is 4.27. The van der Waals surface area contributed by atoms with Gasteiger partial charge in [-0.15, -0.1) is 0 Å². The molecule has 0 saturated carbocycles. The number of benzene rings is 1. The van der Waals surface area contributed by atoms with Crippen LogP contribution in [-0.4, -0.2) is 0 Å². The van der Waals surface area contributed by atoms with E-state index >= 15 is 0 Å². The molecule has 1 atom stereocenters. The molecule has 2 heterocycles. The van der Waals surface area contributed by atoms with Crippen molar-refractivity contribution < 1.29 is 9.15 Å². The van der Waals surface area contributed by atoms with Gasteiger partial charge in [0.15, 0.2) is 0 Å². The Morgan fingerprint density at radius 3 is 2.65 bits per heavy atom. The van der Waals surface area contributed by atoms with E-state index in [1.54, 1.807) is 31.2 Å². The first-order valence-corrected chi connectivity index (χ1v) is 7.35. The van der Waals surface area contributed by atoms with Crippen LogP contribution >= 0.6 is 23.2 Å². The molecule has 0 aliphatic carbocycles. The van der Waals surface area contributed by atoms with Crippen molar-refractivity contribution >= 4 is 23.2 Å². The predicted molar refractivity (Wildman–Crippen MR) is 85.5 cm³/mol. The predicted octanol–water partition coefficient (Wildman–Crippen LogP) is 3.47. The third-order valence-electron chi connectivity index (χ3n) is 3.53. The summed E-state index contributed by atoms with van der Waals surface area (Å²) in [4.78, 5) is 12.3. The van der Waals surface area contributed by atoms with Gasteiger partial charge in [0.05, 0.1) is 21.5 Å². The van der Waals surface area contributed by atoms with Gasteiger partial charge in [-0.1, -0.05) is 29.3 Å². The molecule has 0 saturated heterocycles. The Balaban J connectivity index is 2.31. The summed E-state index contributed by atoms with van der Waals surface area (Å²) >= 11 is 12.0. The zero-order chi connectivity index (χ0) is 16.7. The molecule has 1 aliphatic heterocycles. The van der Waals surface area contributed by atoms with Crippen LogP contribution < -0.4 is 16.1 Å². The first kappa shape index (κ1) is 15.5. The van der Waals surface area contributed by atoms with E-state index in [1.165, 1.54) is 0 Å². The molecule has 5 nitrogen and oxygen atoms in total. The monoisotopic (exact) mass is 348 g/mol. The van der Waals surface area contributed by atoms with Gasteiger partial charge in [0, 0.05) is 6.07 Å². The third kappa shape index (κ3) is 2.56. The molecule has 1 aliphatic rings. The SMILES string of the molecule is Cc1cc2c(c(=O)o1)[C@@H](c1ccc(Cl)c(Cl)c1)C(C#N)=C(N)O2. The van der Waals surface area contributed by atoms with Crippen LogP contribution in [0, 0.1) is 18.3 Å². The second kappa shape index (κ2) is 5.65. The number of nitrogens with zero attached hydrogens (tertiary/aromatic N) is 1. The van der Waals surface area contributed by atoms with Crippen molar-refractivity contribution in [3.05, 3.63) is 73.1 Å². The summed E-state index contributed by atoms with van der Waals surface area (Å²) < 4.78 is 10.6. The Hall–Kier alpha value is -2.42. The summed E-state index contributed by atoms with van der Waals surface area (Å²) in [5.41, 5.74) is 6.18. The molecule has 0 amide bonds. The lowest BCUT2D eigenvalue weighted by atomic mass is 9.84. The van der Waals surface area contributed by atoms with Crippen LogP contribution in [0.2, 0.25) is 10.0 Å². The quantitative estimate of drug-likeness (QED) is 0.851. The number of hydrogen-bond acceptors (Lipinski definition) is 5. The molecule has 0 bridgehead atoms. The molecule has 0 spiro atoms. The van der Waals surface area contributed by atoms with Gasteiger partial charge in [0.25, 0.3) is 0 Å². The van der Waals surface area contributed by atoms with Crippen LogP contribution in [0.15, 0.2) is 44.9 Å². The first-order valence-electron chi connectivity index (χ1n) is 6.59. The fourth-order valence-corrected chi connectivity index (χ4v) is 2.85. The number of nitrogens with two attached hydrogens (primary N) is 1. The van der Waals surface area contributed by atoms with Gasteiger partial charge in [-0.2, -0.15) is 5.26 Å². The van der Waals surface area contributed by atoms with E-state index in [0.29, 0.717) is 21.4 Å². The van der Waals surface area contributed by atoms with Gasteiger partial charge in [0.2, 0.25) is 5.88 Å². The van der Waals surface area contributed by atoms with E-state index in [0.717, 1.165) is 0 Å². The number of nitriles is 1. The normalized spacial score (nSPS) is 16.5. The molecule has 0 radical (unpaired) electrons. The minimum absolute atomic E-state index is 0.0546. The molecule has 3 rings (SSSR count). The average Bonchev–Trinajstić information content (AvgIpc) is 2.48. The van der Waals surface area contributed by atoms with Gasteiger partial charge in [-0.3, -0.25) is 0 Å². The van der Waals surface area contributed by atoms with Crippen molar-refractivity contribution in [2.45, 2.75) is 12.8 Å². The molecule has 2 N–H and O–H groups in total. The van der Waals surface area contributed by atoms with Crippen LogP contribution in [0.25, 0.3) is 0 Å². The maximum absolute atomic E-state index is 12.3. The molecule has 116 valence electrons. The summed E-state index contributed by atoms with van der Waals surface area (Å²) in [6.45, 7) is 1.62. The van der Waals surface area contributed by atoms with Crippen molar-refractivity contribution in [2.75, 3.05) is 0 Å². The zero-order valence-corrected chi connectivity index (χ0v) is 13.4. The lowest BCUT2D eigenvalue weighted by molar-refractivity contribution is 0.371. The first-order chi connectivity index (χ1) is 10.9. The Kier molecular flexibility index (Phi) is 3.80. The van der Waals surface area contributed by atoms with E-state index in [4.69, 9.17) is 38.1 Å². The molecule has 7 heteroatoms. The number of ether oxygens (including phenoxy) is 1. The summed E-state index contributed by atoms with van der Waals surface area (Å²) in [5, 5.41) is 10.1. The molecule has 1 aromatic heterocycles. The van der Waals surface area contributed by atoms with Crippen molar-refractivity contribution in [1.29, 1.82) is 5.26 Å². The van der Waals surface area contributed by atoms with Gasteiger partial charge in [0.1, 0.15) is 23.2 Å². The Bertz CT molecular complexity index is 941. The largest absolute Gasteiger partial charge is 0.440 e. The molecular formula is C16H10Cl2N2O3. The second-order valence-electron chi connectivity index (χ2n) is 5.02. The van der Waals surface area contributed by atoms with Crippen LogP contribution in [0.5, 0.6) is 5.75 Å². The second-order valence-corrected chi connectivity index (χ2v) is 5.84. The minimum Gasteiger partial charge on any atom is -0.440 e. The molecular weight excluding hydrogens is 339 g/mol. The van der Waals surface area contributed by atoms with Gasteiger partial charge >= 0.3 is 5.63 Å². The summed E-state index contributed by atoms with van der Waals surface area (Å²) in [5.74, 6) is -0.127. The Morgan fingerprint density at radius 1 is 1.26 bits per heavy atom. The van der Waals surface area contributed by atoms with E-state index < -0.39 is 11.5 Å². The van der Waals surface area contributed by atoms with E-state index in [-0.39, 0.29) is 22.8 Å². The highest BCUT2D eigenvalue weighted by Gasteiger charge is 2.34. The Labute approximate surface area is 141 Å². The van der Waals surface area contributed by atoms with Crippen LogP contribution in [0.4, 0.5) is 0 Å². The number of fused-ring (bicyclic) bond motifs is 1. The van der Waals surface area contributed by atoms with Crippen LogP contribution in [-0.2, 0) is 0 Å². The fourth-order valence-electron chi connectivity index (χ4n) is 2.54. The van der Waals surface area contributed by atoms with Crippen molar-refractivity contribution in [3.63, 3.8) is 0 Å². The molecule has 23 heavy (non-hydrogen) atoms. The van der Waals surface area contributed by atoms with E-state index in [2.05, 4.69) is 0 Å². The fraction of sp³-hybridized carbons (Fsp3) is 0.125. The number of aryl methyl sites for hydroxylation is 1. The topological polar surface area (TPSA) is 89.2 Å². The van der Waals surface area contributed by atoms with Gasteiger partial charge in [-0.25, -0.2) is 4.79 Å². The highest BCUT2D eigenvalue weighted by Crippen LogP contribution is 2.41. The number of rotatable bonds is 1. The smallest absolute Gasteiger partial charge is 0.343 e. The standard InChI is InChI=1S/C16H10Cl2N2O3/c1-7-4-12-14(16(21)22-7)13(9(6-19)15(20)23-12)8-2-3-10(17)11(18)5-8/h2-5,13H,20H2,1H3/t13-/m0/s1. The van der Waals surface area contributed by atoms with Gasteiger partial charge in [-0.05, 0) is 24.6 Å². The molecule has 1 aromatic carbocycles. The van der Waals surface area contributed by atoms with Crippen LogP contribution in [0.1, 0.15) is 22.8 Å². The van der Waals surface area contributed by atoms with E-state index in [1.807, 2.05) is 6.07 Å². The number of hydrogen-bond donors (Lipinski definition) is 1. The number of halogens is 2. The van der Waals surface area contributed by atoms with Gasteiger partial charge < -0.3 is 14.9 Å². The average molecular weight is 349 g/mol. The highest BCUT2D eigenvalue weighted by molar-refractivity contribution is 6.42. The number of allylic oxidation sites excluding steroid dienone is 1. The van der Waals surface area contributed by atoms with Crippen molar-refractivity contribution in [1.82, 2.24) is 0 Å². The molecule has 2 aromatic rings. The van der Waals surface area contributed by atoms with Crippen molar-refractivity contribution in [2.24, 2.45) is 5.73 Å². The molecule has 0 unspecified atom stereocenters. The minimum atomic E-state index is -0.727.